The van der Waals surface area contributed by atoms with Crippen molar-refractivity contribution in [3.05, 3.63) is 32.6 Å². The number of aromatic amines is 1. The topological polar surface area (TPSA) is 132 Å². The second kappa shape index (κ2) is 22.3. The lowest BCUT2D eigenvalue weighted by Crippen LogP contribution is -2.48. The van der Waals surface area contributed by atoms with Crippen LogP contribution in [0.5, 0.6) is 0 Å². The van der Waals surface area contributed by atoms with Crippen LogP contribution in [0.25, 0.3) is 0 Å². The molecule has 10 nitrogen and oxygen atoms in total. The maximum absolute atomic E-state index is 12.7. The van der Waals surface area contributed by atoms with E-state index in [0.717, 1.165) is 19.1 Å². The number of carbonyl (C=O) groups excluding carboxylic acids is 2. The van der Waals surface area contributed by atoms with E-state index in [4.69, 9.17) is 9.47 Å². The third-order valence-corrected chi connectivity index (χ3v) is 7.95. The molecule has 240 valence electrons. The van der Waals surface area contributed by atoms with Gasteiger partial charge in [-0.1, -0.05) is 103 Å². The molecule has 0 spiro atoms. The van der Waals surface area contributed by atoms with Crippen LogP contribution in [0, 0.1) is 6.92 Å². The van der Waals surface area contributed by atoms with Gasteiger partial charge in [-0.25, -0.2) is 4.79 Å². The van der Waals surface area contributed by atoms with Crippen molar-refractivity contribution in [3.8, 4) is 0 Å². The SMILES string of the molecule is CCCCCCCCCCCCCCCCCCNC(CC=O)C(=O)OC[C@@H]1CNC[C@H](n2cc(C)c(=O)[nH]c2=O)O1. The van der Waals surface area contributed by atoms with Crippen molar-refractivity contribution < 1.29 is 19.1 Å². The minimum atomic E-state index is -0.685. The lowest BCUT2D eigenvalue weighted by molar-refractivity contribution is -0.157. The van der Waals surface area contributed by atoms with Crippen LogP contribution in [0.15, 0.2) is 15.8 Å². The maximum Gasteiger partial charge on any atom is 0.330 e. The fraction of sp³-hybridized carbons (Fsp3) is 0.812. The van der Waals surface area contributed by atoms with Gasteiger partial charge in [-0.3, -0.25) is 19.1 Å². The molecule has 1 aromatic heterocycles. The summed E-state index contributed by atoms with van der Waals surface area (Å²) in [6, 6.07) is -0.685. The highest BCUT2D eigenvalue weighted by Gasteiger charge is 2.27. The third kappa shape index (κ3) is 14.7. The van der Waals surface area contributed by atoms with E-state index in [2.05, 4.69) is 22.5 Å². The number of nitrogens with one attached hydrogen (secondary N) is 3. The van der Waals surface area contributed by atoms with E-state index in [1.54, 1.807) is 6.92 Å². The molecule has 1 saturated heterocycles. The molecule has 0 radical (unpaired) electrons. The van der Waals surface area contributed by atoms with Gasteiger partial charge < -0.3 is 24.9 Å². The normalized spacial score (nSPS) is 17.7. The number of esters is 1. The van der Waals surface area contributed by atoms with Gasteiger partial charge in [0, 0.05) is 31.3 Å². The zero-order chi connectivity index (χ0) is 30.4. The van der Waals surface area contributed by atoms with Crippen LogP contribution in [-0.2, 0) is 19.1 Å². The van der Waals surface area contributed by atoms with Gasteiger partial charge in [0.05, 0.1) is 0 Å². The standard InChI is InChI=1S/C32H56N4O6/c1-3-4-5-6-7-8-9-10-11-12-13-14-15-16-17-18-20-34-28(19-21-37)31(39)41-25-27-22-33-23-29(42-27)36-24-26(2)30(38)35-32(36)40/h21,24,27-29,33-34H,3-20,22-23,25H2,1-2H3,(H,35,38,40)/t27-,28?,29+/m0/s1. The van der Waals surface area contributed by atoms with Gasteiger partial charge >= 0.3 is 11.7 Å². The average Bonchev–Trinajstić information content (AvgIpc) is 2.99. The number of hydrogen-bond donors (Lipinski definition) is 3. The summed E-state index contributed by atoms with van der Waals surface area (Å²) >= 11 is 0. The van der Waals surface area contributed by atoms with Crippen molar-refractivity contribution in [3.63, 3.8) is 0 Å². The van der Waals surface area contributed by atoms with Crippen LogP contribution < -0.4 is 21.9 Å². The number of aromatic nitrogens is 2. The fourth-order valence-electron chi connectivity index (χ4n) is 5.33. The third-order valence-electron chi connectivity index (χ3n) is 7.95. The highest BCUT2D eigenvalue weighted by molar-refractivity contribution is 5.78. The number of ether oxygens (including phenoxy) is 2. The molecule has 0 aliphatic carbocycles. The summed E-state index contributed by atoms with van der Waals surface area (Å²) in [5.74, 6) is -0.485. The molecule has 1 aliphatic heterocycles. The largest absolute Gasteiger partial charge is 0.462 e. The average molecular weight is 593 g/mol. The van der Waals surface area contributed by atoms with Crippen molar-refractivity contribution >= 4 is 12.3 Å². The summed E-state index contributed by atoms with van der Waals surface area (Å²) in [5.41, 5.74) is -0.586. The quantitative estimate of drug-likeness (QED) is 0.0896. The van der Waals surface area contributed by atoms with E-state index in [-0.39, 0.29) is 13.0 Å². The summed E-state index contributed by atoms with van der Waals surface area (Å²) in [7, 11) is 0. The van der Waals surface area contributed by atoms with Gasteiger partial charge in [-0.15, -0.1) is 0 Å². The molecule has 1 aliphatic rings. The number of aryl methyl sites for hydroxylation is 1. The monoisotopic (exact) mass is 592 g/mol. The number of hydrogen-bond acceptors (Lipinski definition) is 8. The summed E-state index contributed by atoms with van der Waals surface area (Å²) in [6.07, 6.45) is 22.1. The molecule has 3 N–H and O–H groups in total. The number of unbranched alkanes of at least 4 members (excludes halogenated alkanes) is 15. The van der Waals surface area contributed by atoms with E-state index in [1.165, 1.54) is 101 Å². The first-order chi connectivity index (χ1) is 20.5. The van der Waals surface area contributed by atoms with Crippen LogP contribution in [0.3, 0.4) is 0 Å². The van der Waals surface area contributed by atoms with Crippen LogP contribution in [-0.4, -0.2) is 60.2 Å². The molecule has 3 atom stereocenters. The molecule has 10 heteroatoms. The maximum atomic E-state index is 12.7. The fourth-order valence-corrected chi connectivity index (χ4v) is 5.33. The van der Waals surface area contributed by atoms with Gasteiger partial charge in [-0.2, -0.15) is 0 Å². The van der Waals surface area contributed by atoms with E-state index in [9.17, 15) is 19.2 Å². The van der Waals surface area contributed by atoms with Crippen molar-refractivity contribution in [1.82, 2.24) is 20.2 Å². The van der Waals surface area contributed by atoms with Gasteiger partial charge in [0.2, 0.25) is 0 Å². The minimum absolute atomic E-state index is 0.00446. The van der Waals surface area contributed by atoms with Crippen LogP contribution in [0.4, 0.5) is 0 Å². The van der Waals surface area contributed by atoms with E-state index < -0.39 is 35.6 Å². The predicted octanol–water partition coefficient (Wildman–Crippen LogP) is 4.68. The number of carbonyl (C=O) groups is 2. The van der Waals surface area contributed by atoms with Gasteiger partial charge in [-0.05, 0) is 19.9 Å². The zero-order valence-corrected chi connectivity index (χ0v) is 26.1. The Bertz CT molecular complexity index is 994. The molecule has 1 aromatic rings. The molecule has 1 fully saturated rings. The molecular formula is C32H56N4O6. The molecule has 0 saturated carbocycles. The Labute approximate surface area is 251 Å². The van der Waals surface area contributed by atoms with Crippen molar-refractivity contribution in [2.24, 2.45) is 0 Å². The van der Waals surface area contributed by atoms with Gasteiger partial charge in [0.15, 0.2) is 6.23 Å². The first-order valence-corrected chi connectivity index (χ1v) is 16.5. The smallest absolute Gasteiger partial charge is 0.330 e. The van der Waals surface area contributed by atoms with Crippen LogP contribution >= 0.6 is 0 Å². The lowest BCUT2D eigenvalue weighted by atomic mass is 10.0. The molecule has 2 rings (SSSR count). The van der Waals surface area contributed by atoms with Crippen LogP contribution in [0.2, 0.25) is 0 Å². The zero-order valence-electron chi connectivity index (χ0n) is 26.1. The van der Waals surface area contributed by atoms with Crippen molar-refractivity contribution in [1.29, 1.82) is 0 Å². The number of H-pyrrole nitrogens is 1. The Balaban J connectivity index is 1.53. The number of rotatable bonds is 24. The predicted molar refractivity (Wildman–Crippen MR) is 166 cm³/mol. The number of aldehydes is 1. The number of nitrogens with zero attached hydrogens (tertiary/aromatic N) is 1. The lowest BCUT2D eigenvalue weighted by Gasteiger charge is -2.31. The van der Waals surface area contributed by atoms with E-state index in [1.807, 2.05) is 0 Å². The second-order valence-electron chi connectivity index (χ2n) is 11.7. The second-order valence-corrected chi connectivity index (χ2v) is 11.7. The number of morpholine rings is 1. The Morgan fingerprint density at radius 2 is 1.55 bits per heavy atom. The molecule has 42 heavy (non-hydrogen) atoms. The summed E-state index contributed by atoms with van der Waals surface area (Å²) < 4.78 is 12.7. The molecule has 2 heterocycles. The Morgan fingerprint density at radius 3 is 2.12 bits per heavy atom. The van der Waals surface area contributed by atoms with E-state index in [0.29, 0.717) is 25.2 Å². The summed E-state index contributed by atoms with van der Waals surface area (Å²) in [5, 5.41) is 6.34. The molecule has 0 bridgehead atoms. The van der Waals surface area contributed by atoms with Gasteiger partial charge in [0.1, 0.15) is 25.0 Å². The van der Waals surface area contributed by atoms with Crippen molar-refractivity contribution in [2.75, 3.05) is 26.2 Å². The highest BCUT2D eigenvalue weighted by Crippen LogP contribution is 2.15. The Morgan fingerprint density at radius 1 is 0.976 bits per heavy atom. The highest BCUT2D eigenvalue weighted by atomic mass is 16.6. The minimum Gasteiger partial charge on any atom is -0.462 e. The first-order valence-electron chi connectivity index (χ1n) is 16.5. The molecular weight excluding hydrogens is 536 g/mol. The van der Waals surface area contributed by atoms with Gasteiger partial charge in [0.25, 0.3) is 5.56 Å². The van der Waals surface area contributed by atoms with Crippen molar-refractivity contribution in [2.45, 2.75) is 141 Å². The summed E-state index contributed by atoms with van der Waals surface area (Å²) in [4.78, 5) is 49.9. The molecule has 0 aromatic carbocycles. The molecule has 1 unspecified atom stereocenters. The Hall–Kier alpha value is -2.30. The van der Waals surface area contributed by atoms with Crippen LogP contribution in [0.1, 0.15) is 128 Å². The molecule has 0 amide bonds. The Kier molecular flexibility index (Phi) is 19.0. The van der Waals surface area contributed by atoms with E-state index >= 15 is 0 Å². The summed E-state index contributed by atoms with van der Waals surface area (Å²) in [6.45, 7) is 5.36. The first kappa shape index (κ1) is 35.9.